The first-order chi connectivity index (χ1) is 12.8. The molecule has 4 heteroatoms. The molecule has 0 aliphatic carbocycles. The van der Waals surface area contributed by atoms with Gasteiger partial charge in [-0.25, -0.2) is 9.97 Å². The summed E-state index contributed by atoms with van der Waals surface area (Å²) in [6.45, 7) is 5.33. The Kier molecular flexibility index (Phi) is 6.20. The molecule has 0 saturated carbocycles. The van der Waals surface area contributed by atoms with Gasteiger partial charge in [-0.2, -0.15) is 0 Å². The Morgan fingerprint density at radius 2 is 1.35 bits per heavy atom. The second kappa shape index (κ2) is 8.99. The van der Waals surface area contributed by atoms with Crippen LogP contribution in [-0.4, -0.2) is 16.6 Å². The summed E-state index contributed by atoms with van der Waals surface area (Å²) in [4.78, 5) is 8.90. The molecule has 1 heterocycles. The predicted octanol–water partition coefficient (Wildman–Crippen LogP) is 5.07. The molecule has 4 nitrogen and oxygen atoms in total. The summed E-state index contributed by atoms with van der Waals surface area (Å²) in [6, 6.07) is 15.8. The fourth-order valence-corrected chi connectivity index (χ4v) is 2.64. The zero-order chi connectivity index (χ0) is 18.2. The first kappa shape index (κ1) is 17.9. The van der Waals surface area contributed by atoms with Gasteiger partial charge in [-0.15, -0.1) is 0 Å². The summed E-state index contributed by atoms with van der Waals surface area (Å²) in [5.74, 6) is 2.44. The molecule has 3 rings (SSSR count). The number of hydrogen-bond donors (Lipinski definition) is 0. The van der Waals surface area contributed by atoms with Crippen LogP contribution in [0.5, 0.6) is 11.5 Å². The van der Waals surface area contributed by atoms with Crippen LogP contribution in [0.15, 0.2) is 60.9 Å². The summed E-state index contributed by atoms with van der Waals surface area (Å²) in [6.07, 6.45) is 5.92. The number of aromatic nitrogens is 2. The van der Waals surface area contributed by atoms with Crippen molar-refractivity contribution in [1.29, 1.82) is 0 Å². The summed E-state index contributed by atoms with van der Waals surface area (Å²) >= 11 is 0. The van der Waals surface area contributed by atoms with E-state index in [1.807, 2.05) is 67.8 Å². The average Bonchev–Trinajstić information content (AvgIpc) is 2.69. The number of rotatable bonds is 8. The summed E-state index contributed by atoms with van der Waals surface area (Å²) in [5.41, 5.74) is 3.26. The van der Waals surface area contributed by atoms with Gasteiger partial charge in [0.25, 0.3) is 0 Å². The topological polar surface area (TPSA) is 44.2 Å². The van der Waals surface area contributed by atoms with Crippen LogP contribution in [0.4, 0.5) is 0 Å². The van der Waals surface area contributed by atoms with Crippen molar-refractivity contribution in [1.82, 2.24) is 9.97 Å². The lowest BCUT2D eigenvalue weighted by Crippen LogP contribution is -1.97. The van der Waals surface area contributed by atoms with Crippen LogP contribution < -0.4 is 9.47 Å². The third kappa shape index (κ3) is 4.82. The van der Waals surface area contributed by atoms with E-state index in [0.717, 1.165) is 41.3 Å². The Hall–Kier alpha value is -2.88. The lowest BCUT2D eigenvalue weighted by atomic mass is 10.2. The third-order valence-electron chi connectivity index (χ3n) is 4.00. The van der Waals surface area contributed by atoms with E-state index in [9.17, 15) is 0 Å². The molecule has 134 valence electrons. The lowest BCUT2D eigenvalue weighted by Gasteiger charge is -2.08. The summed E-state index contributed by atoms with van der Waals surface area (Å²) in [5, 5.41) is 0. The molecule has 0 unspecified atom stereocenters. The van der Waals surface area contributed by atoms with E-state index in [1.165, 1.54) is 5.56 Å². The highest BCUT2D eigenvalue weighted by molar-refractivity contribution is 5.55. The van der Waals surface area contributed by atoms with Crippen molar-refractivity contribution >= 4 is 0 Å². The number of hydrogen-bond acceptors (Lipinski definition) is 4. The van der Waals surface area contributed by atoms with Crippen LogP contribution in [0.1, 0.15) is 31.4 Å². The first-order valence-corrected chi connectivity index (χ1v) is 9.04. The van der Waals surface area contributed by atoms with Crippen LogP contribution in [0.3, 0.4) is 0 Å². The highest BCUT2D eigenvalue weighted by atomic mass is 16.5. The maximum absolute atomic E-state index is 5.85. The standard InChI is InChI=1S/C22H24N2O2/c1-3-5-18-14-23-22(24-15-18)19-8-12-21(13-9-19)26-16-17-6-10-20(11-7-17)25-4-2/h6-15H,3-5,16H2,1-2H3. The molecule has 0 aliphatic heterocycles. The van der Waals surface area contributed by atoms with Gasteiger partial charge in [-0.3, -0.25) is 0 Å². The number of ether oxygens (including phenoxy) is 2. The molecule has 0 amide bonds. The van der Waals surface area contributed by atoms with Crippen LogP contribution >= 0.6 is 0 Å². The van der Waals surface area contributed by atoms with Crippen LogP contribution in [0, 0.1) is 0 Å². The van der Waals surface area contributed by atoms with Crippen molar-refractivity contribution in [2.75, 3.05) is 6.61 Å². The van der Waals surface area contributed by atoms with Crippen LogP contribution in [-0.2, 0) is 13.0 Å². The van der Waals surface area contributed by atoms with Gasteiger partial charge in [0.1, 0.15) is 18.1 Å². The van der Waals surface area contributed by atoms with Gasteiger partial charge < -0.3 is 9.47 Å². The molecule has 1 aromatic heterocycles. The quantitative estimate of drug-likeness (QED) is 0.570. The Labute approximate surface area is 154 Å². The molecular weight excluding hydrogens is 324 g/mol. The summed E-state index contributed by atoms with van der Waals surface area (Å²) in [7, 11) is 0. The van der Waals surface area contributed by atoms with Crippen molar-refractivity contribution < 1.29 is 9.47 Å². The Bertz CT molecular complexity index is 797. The second-order valence-corrected chi connectivity index (χ2v) is 6.05. The van der Waals surface area contributed by atoms with E-state index in [0.29, 0.717) is 13.2 Å². The molecule has 3 aromatic rings. The molecule has 0 radical (unpaired) electrons. The Morgan fingerprint density at radius 3 is 1.96 bits per heavy atom. The maximum Gasteiger partial charge on any atom is 0.159 e. The molecule has 0 N–H and O–H groups in total. The van der Waals surface area contributed by atoms with E-state index in [4.69, 9.17) is 9.47 Å². The number of nitrogens with zero attached hydrogens (tertiary/aromatic N) is 2. The van der Waals surface area contributed by atoms with Gasteiger partial charge in [-0.05, 0) is 60.9 Å². The number of benzene rings is 2. The minimum Gasteiger partial charge on any atom is -0.494 e. The van der Waals surface area contributed by atoms with Gasteiger partial charge in [0.05, 0.1) is 6.61 Å². The molecule has 0 fully saturated rings. The highest BCUT2D eigenvalue weighted by Crippen LogP contribution is 2.21. The van der Waals surface area contributed by atoms with Crippen molar-refractivity contribution in [2.24, 2.45) is 0 Å². The highest BCUT2D eigenvalue weighted by Gasteiger charge is 2.03. The minimum absolute atomic E-state index is 0.522. The fourth-order valence-electron chi connectivity index (χ4n) is 2.64. The van der Waals surface area contributed by atoms with Crippen molar-refractivity contribution in [2.45, 2.75) is 33.3 Å². The van der Waals surface area contributed by atoms with Gasteiger partial charge in [0.15, 0.2) is 5.82 Å². The maximum atomic E-state index is 5.85. The normalized spacial score (nSPS) is 10.5. The number of aryl methyl sites for hydroxylation is 1. The molecule has 0 atom stereocenters. The monoisotopic (exact) mass is 348 g/mol. The van der Waals surface area contributed by atoms with E-state index < -0.39 is 0 Å². The molecular formula is C22H24N2O2. The van der Waals surface area contributed by atoms with Crippen LogP contribution in [0.2, 0.25) is 0 Å². The molecule has 2 aromatic carbocycles. The zero-order valence-corrected chi connectivity index (χ0v) is 15.3. The molecule has 0 saturated heterocycles. The molecule has 0 aliphatic rings. The molecule has 0 spiro atoms. The van der Waals surface area contributed by atoms with Crippen molar-refractivity contribution in [3.8, 4) is 22.9 Å². The van der Waals surface area contributed by atoms with E-state index in [-0.39, 0.29) is 0 Å². The van der Waals surface area contributed by atoms with Gasteiger partial charge in [0, 0.05) is 18.0 Å². The summed E-state index contributed by atoms with van der Waals surface area (Å²) < 4.78 is 11.3. The van der Waals surface area contributed by atoms with Gasteiger partial charge in [0.2, 0.25) is 0 Å². The second-order valence-electron chi connectivity index (χ2n) is 6.05. The van der Waals surface area contributed by atoms with E-state index in [1.54, 1.807) is 0 Å². The Balaban J connectivity index is 1.58. The predicted molar refractivity (Wildman–Crippen MR) is 103 cm³/mol. The molecule has 26 heavy (non-hydrogen) atoms. The van der Waals surface area contributed by atoms with Gasteiger partial charge in [-0.1, -0.05) is 25.5 Å². The van der Waals surface area contributed by atoms with E-state index in [2.05, 4.69) is 16.9 Å². The smallest absolute Gasteiger partial charge is 0.159 e. The van der Waals surface area contributed by atoms with Crippen molar-refractivity contribution in [3.05, 3.63) is 72.1 Å². The van der Waals surface area contributed by atoms with E-state index >= 15 is 0 Å². The molecule has 0 bridgehead atoms. The van der Waals surface area contributed by atoms with Crippen molar-refractivity contribution in [3.63, 3.8) is 0 Å². The fraction of sp³-hybridized carbons (Fsp3) is 0.273. The Morgan fingerprint density at radius 1 is 0.731 bits per heavy atom. The lowest BCUT2D eigenvalue weighted by molar-refractivity contribution is 0.305. The van der Waals surface area contributed by atoms with Crippen LogP contribution in [0.25, 0.3) is 11.4 Å². The first-order valence-electron chi connectivity index (χ1n) is 9.04. The SMILES string of the molecule is CCCc1cnc(-c2ccc(OCc3ccc(OCC)cc3)cc2)nc1. The minimum atomic E-state index is 0.522. The third-order valence-corrected chi connectivity index (χ3v) is 4.00. The average molecular weight is 348 g/mol. The largest absolute Gasteiger partial charge is 0.494 e. The zero-order valence-electron chi connectivity index (χ0n) is 15.3. The van der Waals surface area contributed by atoms with Gasteiger partial charge >= 0.3 is 0 Å².